The van der Waals surface area contributed by atoms with Crippen LogP contribution >= 0.6 is 0 Å². The van der Waals surface area contributed by atoms with Crippen LogP contribution in [0, 0.1) is 5.41 Å². The van der Waals surface area contributed by atoms with E-state index in [4.69, 9.17) is 9.47 Å². The normalized spacial score (nSPS) is 23.1. The van der Waals surface area contributed by atoms with Crippen molar-refractivity contribution in [2.45, 2.75) is 12.3 Å². The zero-order valence-electron chi connectivity index (χ0n) is 12.3. The minimum atomic E-state index is -1.51. The fourth-order valence-corrected chi connectivity index (χ4v) is 3.16. The van der Waals surface area contributed by atoms with E-state index >= 15 is 0 Å². The van der Waals surface area contributed by atoms with Crippen LogP contribution in [0.4, 0.5) is 0 Å². The van der Waals surface area contributed by atoms with Crippen molar-refractivity contribution in [3.63, 3.8) is 0 Å². The molecule has 1 aliphatic rings. The molecule has 1 saturated carbocycles. The first kappa shape index (κ1) is 14.4. The predicted molar refractivity (Wildman–Crippen MR) is 79.9 cm³/mol. The van der Waals surface area contributed by atoms with Crippen molar-refractivity contribution in [3.8, 4) is 5.75 Å². The van der Waals surface area contributed by atoms with E-state index < -0.39 is 23.3 Å². The molecular formula is C17H16O5. The number of benzene rings is 2. The van der Waals surface area contributed by atoms with Crippen LogP contribution in [-0.2, 0) is 14.3 Å². The maximum atomic E-state index is 12.0. The quantitative estimate of drug-likeness (QED) is 0.694. The average Bonchev–Trinajstić information content (AvgIpc) is 3.29. The lowest BCUT2D eigenvalue weighted by Gasteiger charge is -2.15. The molecule has 22 heavy (non-hydrogen) atoms. The minimum absolute atomic E-state index is 0.222. The van der Waals surface area contributed by atoms with Gasteiger partial charge < -0.3 is 14.6 Å². The SMILES string of the molecule is COC(=O)[C@@]1(C(=O)O)C[C@H]1c1c(OC)ccc2ccccc12. The molecule has 5 nitrogen and oxygen atoms in total. The fourth-order valence-electron chi connectivity index (χ4n) is 3.16. The van der Waals surface area contributed by atoms with Crippen molar-refractivity contribution < 1.29 is 24.2 Å². The number of aliphatic carboxylic acids is 1. The monoisotopic (exact) mass is 300 g/mol. The number of rotatable bonds is 4. The Kier molecular flexibility index (Phi) is 3.28. The molecule has 3 rings (SSSR count). The fraction of sp³-hybridized carbons (Fsp3) is 0.294. The maximum Gasteiger partial charge on any atom is 0.323 e. The number of carbonyl (C=O) groups excluding carboxylic acids is 1. The van der Waals surface area contributed by atoms with E-state index in [1.54, 1.807) is 6.07 Å². The van der Waals surface area contributed by atoms with Gasteiger partial charge >= 0.3 is 11.9 Å². The van der Waals surface area contributed by atoms with Gasteiger partial charge in [0.25, 0.3) is 0 Å². The molecule has 0 aromatic heterocycles. The smallest absolute Gasteiger partial charge is 0.323 e. The molecule has 0 unspecified atom stereocenters. The summed E-state index contributed by atoms with van der Waals surface area (Å²) in [4.78, 5) is 23.7. The molecule has 2 atom stereocenters. The number of hydrogen-bond acceptors (Lipinski definition) is 4. The van der Waals surface area contributed by atoms with Gasteiger partial charge in [0.2, 0.25) is 0 Å². The first-order valence-electron chi connectivity index (χ1n) is 6.93. The van der Waals surface area contributed by atoms with Gasteiger partial charge in [-0.05, 0) is 23.3 Å². The van der Waals surface area contributed by atoms with Gasteiger partial charge in [0.1, 0.15) is 5.75 Å². The zero-order chi connectivity index (χ0) is 15.9. The highest BCUT2D eigenvalue weighted by Gasteiger charge is 2.68. The summed E-state index contributed by atoms with van der Waals surface area (Å²) in [5.41, 5.74) is -0.750. The largest absolute Gasteiger partial charge is 0.496 e. The summed E-state index contributed by atoms with van der Waals surface area (Å²) in [5.74, 6) is -1.71. The van der Waals surface area contributed by atoms with Gasteiger partial charge in [-0.25, -0.2) is 0 Å². The van der Waals surface area contributed by atoms with Crippen LogP contribution in [0.25, 0.3) is 10.8 Å². The van der Waals surface area contributed by atoms with E-state index in [9.17, 15) is 14.7 Å². The Balaban J connectivity index is 2.19. The molecule has 1 aliphatic carbocycles. The lowest BCUT2D eigenvalue weighted by Crippen LogP contribution is -2.28. The van der Waals surface area contributed by atoms with Crippen molar-refractivity contribution in [1.82, 2.24) is 0 Å². The van der Waals surface area contributed by atoms with Crippen LogP contribution < -0.4 is 4.74 Å². The molecule has 1 fully saturated rings. The standard InChI is InChI=1S/C17H16O5/c1-21-13-8-7-10-5-3-4-6-11(10)14(13)12-9-17(12,15(18)19)16(20)22-2/h3-8,12H,9H2,1-2H3,(H,18,19)/t12-,17-/m0/s1. The van der Waals surface area contributed by atoms with Gasteiger partial charge in [0.15, 0.2) is 5.41 Å². The highest BCUT2D eigenvalue weighted by molar-refractivity contribution is 6.05. The number of carboxylic acid groups (broad SMARTS) is 1. The molecule has 2 aromatic carbocycles. The summed E-state index contributed by atoms with van der Waals surface area (Å²) in [6, 6.07) is 11.4. The third-order valence-corrected chi connectivity index (χ3v) is 4.39. The molecule has 0 saturated heterocycles. The number of methoxy groups -OCH3 is 2. The van der Waals surface area contributed by atoms with Crippen molar-refractivity contribution in [3.05, 3.63) is 42.0 Å². The van der Waals surface area contributed by atoms with Crippen molar-refractivity contribution in [2.75, 3.05) is 14.2 Å². The van der Waals surface area contributed by atoms with E-state index in [1.165, 1.54) is 14.2 Å². The highest BCUT2D eigenvalue weighted by Crippen LogP contribution is 2.63. The molecule has 2 aromatic rings. The number of fused-ring (bicyclic) bond motifs is 1. The Hall–Kier alpha value is -2.56. The number of esters is 1. The van der Waals surface area contributed by atoms with Crippen LogP contribution in [0.3, 0.4) is 0 Å². The highest BCUT2D eigenvalue weighted by atomic mass is 16.5. The van der Waals surface area contributed by atoms with E-state index in [1.807, 2.05) is 30.3 Å². The van der Waals surface area contributed by atoms with E-state index in [-0.39, 0.29) is 6.42 Å². The van der Waals surface area contributed by atoms with E-state index in [0.29, 0.717) is 5.75 Å². The van der Waals surface area contributed by atoms with Gasteiger partial charge in [-0.1, -0.05) is 30.3 Å². The van der Waals surface area contributed by atoms with Gasteiger partial charge in [-0.2, -0.15) is 0 Å². The van der Waals surface area contributed by atoms with Crippen LogP contribution in [0.5, 0.6) is 5.75 Å². The van der Waals surface area contributed by atoms with Gasteiger partial charge in [-0.3, -0.25) is 9.59 Å². The second-order valence-electron chi connectivity index (χ2n) is 5.43. The van der Waals surface area contributed by atoms with Crippen LogP contribution in [0.1, 0.15) is 17.9 Å². The molecule has 0 heterocycles. The Morgan fingerprint density at radius 1 is 1.18 bits per heavy atom. The Morgan fingerprint density at radius 2 is 1.91 bits per heavy atom. The molecule has 5 heteroatoms. The number of hydrogen-bond donors (Lipinski definition) is 1. The summed E-state index contributed by atoms with van der Waals surface area (Å²) in [6.07, 6.45) is 0.222. The molecule has 0 spiro atoms. The van der Waals surface area contributed by atoms with E-state index in [2.05, 4.69) is 0 Å². The van der Waals surface area contributed by atoms with Crippen molar-refractivity contribution in [2.24, 2.45) is 5.41 Å². The lowest BCUT2D eigenvalue weighted by molar-refractivity contribution is -0.159. The first-order valence-corrected chi connectivity index (χ1v) is 6.93. The van der Waals surface area contributed by atoms with Crippen LogP contribution in [0.15, 0.2) is 36.4 Å². The molecule has 1 N–H and O–H groups in total. The molecule has 0 amide bonds. The summed E-state index contributed by atoms with van der Waals surface area (Å²) in [5, 5.41) is 11.4. The Labute approximate surface area is 127 Å². The van der Waals surface area contributed by atoms with Crippen molar-refractivity contribution in [1.29, 1.82) is 0 Å². The van der Waals surface area contributed by atoms with Gasteiger partial charge in [0.05, 0.1) is 14.2 Å². The summed E-state index contributed by atoms with van der Waals surface area (Å²) in [6.45, 7) is 0. The minimum Gasteiger partial charge on any atom is -0.496 e. The average molecular weight is 300 g/mol. The Morgan fingerprint density at radius 3 is 2.55 bits per heavy atom. The second-order valence-corrected chi connectivity index (χ2v) is 5.43. The molecule has 114 valence electrons. The summed E-state index contributed by atoms with van der Waals surface area (Å²) in [7, 11) is 2.75. The number of carboxylic acids is 1. The van der Waals surface area contributed by atoms with Crippen LogP contribution in [-0.4, -0.2) is 31.3 Å². The Bertz CT molecular complexity index is 767. The van der Waals surface area contributed by atoms with Gasteiger partial charge in [0, 0.05) is 11.5 Å². The van der Waals surface area contributed by atoms with E-state index in [0.717, 1.165) is 16.3 Å². The topological polar surface area (TPSA) is 72.8 Å². The second kappa shape index (κ2) is 5.02. The third-order valence-electron chi connectivity index (χ3n) is 4.39. The van der Waals surface area contributed by atoms with Crippen molar-refractivity contribution >= 4 is 22.7 Å². The maximum absolute atomic E-state index is 12.0. The molecule has 0 radical (unpaired) electrons. The zero-order valence-corrected chi connectivity index (χ0v) is 12.3. The lowest BCUT2D eigenvalue weighted by atomic mass is 9.94. The summed E-state index contributed by atoms with van der Waals surface area (Å²) < 4.78 is 10.1. The van der Waals surface area contributed by atoms with Crippen LogP contribution in [0.2, 0.25) is 0 Å². The molecular weight excluding hydrogens is 284 g/mol. The predicted octanol–water partition coefficient (Wildman–Crippen LogP) is 2.58. The molecule has 0 bridgehead atoms. The number of carbonyl (C=O) groups is 2. The third kappa shape index (κ3) is 1.85. The first-order chi connectivity index (χ1) is 10.6. The molecule has 0 aliphatic heterocycles. The number of ether oxygens (including phenoxy) is 2. The summed E-state index contributed by atoms with van der Waals surface area (Å²) >= 11 is 0. The van der Waals surface area contributed by atoms with Gasteiger partial charge in [-0.15, -0.1) is 0 Å².